The lowest BCUT2D eigenvalue weighted by molar-refractivity contribution is 0.243. The Labute approximate surface area is 78.1 Å². The van der Waals surface area contributed by atoms with Gasteiger partial charge in [-0.25, -0.2) is 0 Å². The Balaban J connectivity index is 2.31. The summed E-state index contributed by atoms with van der Waals surface area (Å²) in [5.74, 6) is 1.90. The highest BCUT2D eigenvalue weighted by Crippen LogP contribution is 2.25. The summed E-state index contributed by atoms with van der Waals surface area (Å²) in [5.41, 5.74) is 0. The molecule has 66 valence electrons. The van der Waals surface area contributed by atoms with Gasteiger partial charge in [-0.15, -0.1) is 0 Å². The molecule has 0 amide bonds. The number of alkyl halides is 1. The van der Waals surface area contributed by atoms with E-state index in [4.69, 9.17) is 0 Å². The molecule has 2 heteroatoms. The van der Waals surface area contributed by atoms with Crippen LogP contribution in [0.1, 0.15) is 26.2 Å². The van der Waals surface area contributed by atoms with Gasteiger partial charge in [0.05, 0.1) is 0 Å². The van der Waals surface area contributed by atoms with E-state index < -0.39 is 0 Å². The van der Waals surface area contributed by atoms with Crippen LogP contribution in [0.5, 0.6) is 0 Å². The van der Waals surface area contributed by atoms with E-state index in [0.717, 1.165) is 11.8 Å². The van der Waals surface area contributed by atoms with Gasteiger partial charge >= 0.3 is 0 Å². The molecule has 11 heavy (non-hydrogen) atoms. The second-order valence-electron chi connectivity index (χ2n) is 3.40. The molecule has 0 radical (unpaired) electrons. The lowest BCUT2D eigenvalue weighted by atomic mass is 9.83. The maximum absolute atomic E-state index is 3.52. The van der Waals surface area contributed by atoms with Crippen molar-refractivity contribution in [2.75, 3.05) is 18.4 Å². The lowest BCUT2D eigenvalue weighted by Gasteiger charge is -2.31. The average molecular weight is 220 g/mol. The second-order valence-corrected chi connectivity index (χ2v) is 4.19. The molecule has 1 saturated heterocycles. The number of hydrogen-bond donors (Lipinski definition) is 1. The number of hydrogen-bond acceptors (Lipinski definition) is 1. The molecule has 0 aliphatic carbocycles. The predicted octanol–water partition coefficient (Wildman–Crippen LogP) is 2.41. The van der Waals surface area contributed by atoms with Crippen LogP contribution in [0, 0.1) is 11.8 Å². The summed E-state index contributed by atoms with van der Waals surface area (Å²) in [4.78, 5) is 0. The molecule has 0 aromatic rings. The molecule has 1 aliphatic rings. The van der Waals surface area contributed by atoms with Crippen molar-refractivity contribution < 1.29 is 0 Å². The first kappa shape index (κ1) is 9.53. The molecule has 1 fully saturated rings. The molecule has 1 nitrogen and oxygen atoms in total. The van der Waals surface area contributed by atoms with Crippen LogP contribution in [0.3, 0.4) is 0 Å². The molecule has 1 aliphatic heterocycles. The van der Waals surface area contributed by atoms with Gasteiger partial charge in [0.15, 0.2) is 0 Å². The normalized spacial score (nSPS) is 32.2. The Kier molecular flexibility index (Phi) is 4.46. The van der Waals surface area contributed by atoms with Crippen molar-refractivity contribution in [3.63, 3.8) is 0 Å². The van der Waals surface area contributed by atoms with E-state index in [-0.39, 0.29) is 0 Å². The number of rotatable bonds is 3. The first-order valence-electron chi connectivity index (χ1n) is 4.65. The van der Waals surface area contributed by atoms with Gasteiger partial charge in [0.1, 0.15) is 0 Å². The third-order valence-corrected chi connectivity index (χ3v) is 3.23. The molecule has 2 unspecified atom stereocenters. The Morgan fingerprint density at radius 3 is 2.91 bits per heavy atom. The van der Waals surface area contributed by atoms with Gasteiger partial charge in [-0.05, 0) is 37.8 Å². The summed E-state index contributed by atoms with van der Waals surface area (Å²) in [6, 6.07) is 0. The zero-order chi connectivity index (χ0) is 8.10. The molecular formula is C9H18BrN. The van der Waals surface area contributed by atoms with Gasteiger partial charge in [-0.1, -0.05) is 29.3 Å². The minimum absolute atomic E-state index is 0.932. The smallest absolute Gasteiger partial charge is 0.00340 e. The summed E-state index contributed by atoms with van der Waals surface area (Å²) in [6.45, 7) is 4.78. The molecule has 0 bridgehead atoms. The molecule has 0 saturated carbocycles. The maximum Gasteiger partial charge on any atom is 0.00340 e. The third kappa shape index (κ3) is 2.75. The summed E-state index contributed by atoms with van der Waals surface area (Å²) >= 11 is 3.52. The molecule has 1 heterocycles. The van der Waals surface area contributed by atoms with Gasteiger partial charge in [-0.3, -0.25) is 0 Å². The topological polar surface area (TPSA) is 12.0 Å². The van der Waals surface area contributed by atoms with Gasteiger partial charge < -0.3 is 5.32 Å². The molecule has 0 spiro atoms. The van der Waals surface area contributed by atoms with Crippen molar-refractivity contribution in [2.45, 2.75) is 26.2 Å². The van der Waals surface area contributed by atoms with Crippen LogP contribution in [0.4, 0.5) is 0 Å². The number of nitrogens with one attached hydrogen (secondary N) is 1. The standard InChI is InChI=1S/C9H18BrN/c1-2-8-7-11-6-4-9(8)3-5-10/h8-9,11H,2-7H2,1H3. The van der Waals surface area contributed by atoms with Crippen molar-refractivity contribution in [1.29, 1.82) is 0 Å². The Morgan fingerprint density at radius 1 is 1.45 bits per heavy atom. The molecule has 0 aromatic heterocycles. The molecule has 0 aromatic carbocycles. The van der Waals surface area contributed by atoms with Crippen LogP contribution in [-0.2, 0) is 0 Å². The van der Waals surface area contributed by atoms with Crippen LogP contribution in [-0.4, -0.2) is 18.4 Å². The van der Waals surface area contributed by atoms with Gasteiger partial charge in [0.2, 0.25) is 0 Å². The Hall–Kier alpha value is 0.440. The van der Waals surface area contributed by atoms with Crippen LogP contribution >= 0.6 is 15.9 Å². The minimum Gasteiger partial charge on any atom is -0.316 e. The van der Waals surface area contributed by atoms with Crippen molar-refractivity contribution in [3.8, 4) is 0 Å². The number of piperidine rings is 1. The van der Waals surface area contributed by atoms with Crippen molar-refractivity contribution >= 4 is 15.9 Å². The van der Waals surface area contributed by atoms with Gasteiger partial charge in [0, 0.05) is 5.33 Å². The average Bonchev–Trinajstić information content (AvgIpc) is 2.06. The highest BCUT2D eigenvalue weighted by atomic mass is 79.9. The van der Waals surface area contributed by atoms with Crippen molar-refractivity contribution in [1.82, 2.24) is 5.32 Å². The minimum atomic E-state index is 0.932. The quantitative estimate of drug-likeness (QED) is 0.720. The van der Waals surface area contributed by atoms with Crippen LogP contribution in [0.2, 0.25) is 0 Å². The third-order valence-electron chi connectivity index (χ3n) is 2.77. The van der Waals surface area contributed by atoms with E-state index >= 15 is 0 Å². The maximum atomic E-state index is 3.52. The van der Waals surface area contributed by atoms with Crippen LogP contribution in [0.15, 0.2) is 0 Å². The molecule has 2 atom stereocenters. The van der Waals surface area contributed by atoms with Crippen molar-refractivity contribution in [3.05, 3.63) is 0 Å². The summed E-state index contributed by atoms with van der Waals surface area (Å²) in [5, 5.41) is 4.63. The fourth-order valence-electron chi connectivity index (χ4n) is 1.98. The highest BCUT2D eigenvalue weighted by molar-refractivity contribution is 9.09. The number of halogens is 1. The van der Waals surface area contributed by atoms with E-state index in [1.54, 1.807) is 0 Å². The SMILES string of the molecule is CCC1CNCCC1CCBr. The fourth-order valence-corrected chi connectivity index (χ4v) is 2.56. The van der Waals surface area contributed by atoms with Gasteiger partial charge in [-0.2, -0.15) is 0 Å². The molecule has 1 rings (SSSR count). The molecule has 1 N–H and O–H groups in total. The van der Waals surface area contributed by atoms with E-state index in [1.807, 2.05) is 0 Å². The van der Waals surface area contributed by atoms with E-state index in [1.165, 1.54) is 37.7 Å². The lowest BCUT2D eigenvalue weighted by Crippen LogP contribution is -2.36. The van der Waals surface area contributed by atoms with Gasteiger partial charge in [0.25, 0.3) is 0 Å². The van der Waals surface area contributed by atoms with E-state index in [2.05, 4.69) is 28.2 Å². The highest BCUT2D eigenvalue weighted by Gasteiger charge is 2.22. The predicted molar refractivity (Wildman–Crippen MR) is 53.2 cm³/mol. The Morgan fingerprint density at radius 2 is 2.27 bits per heavy atom. The zero-order valence-corrected chi connectivity index (χ0v) is 8.86. The van der Waals surface area contributed by atoms with E-state index in [9.17, 15) is 0 Å². The fraction of sp³-hybridized carbons (Fsp3) is 1.00. The van der Waals surface area contributed by atoms with Crippen LogP contribution < -0.4 is 5.32 Å². The van der Waals surface area contributed by atoms with E-state index in [0.29, 0.717) is 0 Å². The first-order valence-corrected chi connectivity index (χ1v) is 5.77. The summed E-state index contributed by atoms with van der Waals surface area (Å²) in [7, 11) is 0. The van der Waals surface area contributed by atoms with Crippen LogP contribution in [0.25, 0.3) is 0 Å². The summed E-state index contributed by atoms with van der Waals surface area (Å²) in [6.07, 6.45) is 4.08. The summed E-state index contributed by atoms with van der Waals surface area (Å²) < 4.78 is 0. The largest absolute Gasteiger partial charge is 0.316 e. The zero-order valence-electron chi connectivity index (χ0n) is 7.28. The van der Waals surface area contributed by atoms with Crippen molar-refractivity contribution in [2.24, 2.45) is 11.8 Å². The monoisotopic (exact) mass is 219 g/mol. The molecular weight excluding hydrogens is 202 g/mol. The first-order chi connectivity index (χ1) is 5.38. The Bertz CT molecular complexity index is 104. The second kappa shape index (κ2) is 5.15.